The van der Waals surface area contributed by atoms with E-state index in [2.05, 4.69) is 16.7 Å². The molecule has 0 amide bonds. The summed E-state index contributed by atoms with van der Waals surface area (Å²) >= 11 is 0. The van der Waals surface area contributed by atoms with E-state index in [0.717, 1.165) is 11.1 Å². The van der Waals surface area contributed by atoms with Crippen molar-refractivity contribution in [2.75, 3.05) is 19.7 Å². The molecule has 106 valence electrons. The van der Waals surface area contributed by atoms with E-state index < -0.39 is 0 Å². The molecule has 5 nitrogen and oxygen atoms in total. The van der Waals surface area contributed by atoms with E-state index >= 15 is 0 Å². The van der Waals surface area contributed by atoms with Crippen LogP contribution in [0.5, 0.6) is 0 Å². The van der Waals surface area contributed by atoms with Crippen molar-refractivity contribution in [2.24, 2.45) is 0 Å². The summed E-state index contributed by atoms with van der Waals surface area (Å²) in [6.45, 7) is 7.54. The topological polar surface area (TPSA) is 62.4 Å². The van der Waals surface area contributed by atoms with Gasteiger partial charge in [-0.15, -0.1) is 6.58 Å². The molecule has 2 aromatic rings. The highest BCUT2D eigenvalue weighted by Crippen LogP contribution is 2.17. The molecule has 0 spiro atoms. The molecular formula is C15H19N3O2. The lowest BCUT2D eigenvalue weighted by Gasteiger charge is -2.16. The summed E-state index contributed by atoms with van der Waals surface area (Å²) in [6, 6.07) is 7.97. The number of aliphatic hydroxyl groups is 1. The van der Waals surface area contributed by atoms with Gasteiger partial charge in [0.05, 0.1) is 13.2 Å². The summed E-state index contributed by atoms with van der Waals surface area (Å²) in [6.07, 6.45) is 1.79. The van der Waals surface area contributed by atoms with Gasteiger partial charge in [0.2, 0.25) is 11.7 Å². The Hall–Kier alpha value is -1.98. The Labute approximate surface area is 118 Å². The van der Waals surface area contributed by atoms with E-state index in [9.17, 15) is 0 Å². The molecule has 1 aromatic carbocycles. The average Bonchev–Trinajstić information content (AvgIpc) is 2.88. The molecule has 0 unspecified atom stereocenters. The van der Waals surface area contributed by atoms with Gasteiger partial charge in [-0.05, 0) is 13.0 Å². The maximum Gasteiger partial charge on any atom is 0.241 e. The van der Waals surface area contributed by atoms with Crippen LogP contribution in [0, 0.1) is 6.92 Å². The molecule has 20 heavy (non-hydrogen) atoms. The van der Waals surface area contributed by atoms with Gasteiger partial charge in [-0.2, -0.15) is 4.98 Å². The first kappa shape index (κ1) is 14.4. The lowest BCUT2D eigenvalue weighted by atomic mass is 10.1. The van der Waals surface area contributed by atoms with Crippen LogP contribution < -0.4 is 0 Å². The average molecular weight is 273 g/mol. The number of hydrogen-bond donors (Lipinski definition) is 1. The van der Waals surface area contributed by atoms with Crippen LogP contribution in [-0.4, -0.2) is 39.8 Å². The fourth-order valence-electron chi connectivity index (χ4n) is 1.97. The number of hydrogen-bond acceptors (Lipinski definition) is 5. The molecule has 0 saturated heterocycles. The molecule has 0 saturated carbocycles. The number of benzene rings is 1. The largest absolute Gasteiger partial charge is 0.395 e. The lowest BCUT2D eigenvalue weighted by molar-refractivity contribution is 0.186. The Balaban J connectivity index is 2.10. The molecule has 0 bridgehead atoms. The van der Waals surface area contributed by atoms with Gasteiger partial charge >= 0.3 is 0 Å². The van der Waals surface area contributed by atoms with Crippen LogP contribution in [0.4, 0.5) is 0 Å². The molecule has 1 N–H and O–H groups in total. The minimum atomic E-state index is 0.0900. The van der Waals surface area contributed by atoms with Crippen LogP contribution in [0.15, 0.2) is 41.4 Å². The fourth-order valence-corrected chi connectivity index (χ4v) is 1.97. The Morgan fingerprint density at radius 3 is 3.00 bits per heavy atom. The fraction of sp³-hybridized carbons (Fsp3) is 0.333. The number of nitrogens with zero attached hydrogens (tertiary/aromatic N) is 3. The van der Waals surface area contributed by atoms with E-state index in [1.807, 2.05) is 36.1 Å². The first-order valence-electron chi connectivity index (χ1n) is 6.56. The van der Waals surface area contributed by atoms with Crippen molar-refractivity contribution in [3.05, 3.63) is 48.4 Å². The summed E-state index contributed by atoms with van der Waals surface area (Å²) in [7, 11) is 0. The predicted octanol–water partition coefficient (Wildman–Crippen LogP) is 2.03. The highest BCUT2D eigenvalue weighted by molar-refractivity contribution is 5.55. The van der Waals surface area contributed by atoms with Crippen LogP contribution >= 0.6 is 0 Å². The van der Waals surface area contributed by atoms with Gasteiger partial charge in [-0.3, -0.25) is 4.90 Å². The summed E-state index contributed by atoms with van der Waals surface area (Å²) in [5, 5.41) is 13.0. The highest BCUT2D eigenvalue weighted by atomic mass is 16.5. The van der Waals surface area contributed by atoms with E-state index in [1.165, 1.54) is 0 Å². The van der Waals surface area contributed by atoms with Gasteiger partial charge in [0.1, 0.15) is 0 Å². The minimum absolute atomic E-state index is 0.0900. The monoisotopic (exact) mass is 273 g/mol. The second-order valence-electron chi connectivity index (χ2n) is 4.63. The van der Waals surface area contributed by atoms with Crippen molar-refractivity contribution in [1.82, 2.24) is 15.0 Å². The molecule has 0 radical (unpaired) electrons. The third kappa shape index (κ3) is 3.76. The lowest BCUT2D eigenvalue weighted by Crippen LogP contribution is -2.26. The van der Waals surface area contributed by atoms with Gasteiger partial charge in [-0.1, -0.05) is 35.0 Å². The van der Waals surface area contributed by atoms with Crippen LogP contribution in [0.25, 0.3) is 11.4 Å². The van der Waals surface area contributed by atoms with Crippen LogP contribution in [-0.2, 0) is 6.54 Å². The zero-order valence-electron chi connectivity index (χ0n) is 11.6. The smallest absolute Gasteiger partial charge is 0.241 e. The maximum atomic E-state index is 9.01. The summed E-state index contributed by atoms with van der Waals surface area (Å²) in [5.74, 6) is 1.13. The van der Waals surface area contributed by atoms with Gasteiger partial charge in [-0.25, -0.2) is 0 Å². The Bertz CT molecular complexity index is 566. The molecule has 0 aliphatic carbocycles. The maximum absolute atomic E-state index is 9.01. The van der Waals surface area contributed by atoms with E-state index in [4.69, 9.17) is 9.63 Å². The van der Waals surface area contributed by atoms with Crippen molar-refractivity contribution >= 4 is 0 Å². The van der Waals surface area contributed by atoms with Gasteiger partial charge < -0.3 is 9.63 Å². The third-order valence-corrected chi connectivity index (χ3v) is 2.91. The molecule has 0 atom stereocenters. The Kier molecular flexibility index (Phi) is 5.03. The van der Waals surface area contributed by atoms with Crippen LogP contribution in [0.2, 0.25) is 0 Å². The molecule has 1 aromatic heterocycles. The Morgan fingerprint density at radius 1 is 1.45 bits per heavy atom. The molecule has 0 fully saturated rings. The molecule has 0 aliphatic rings. The number of aromatic nitrogens is 2. The van der Waals surface area contributed by atoms with Gasteiger partial charge in [0, 0.05) is 18.7 Å². The number of aliphatic hydroxyl groups excluding tert-OH is 1. The van der Waals surface area contributed by atoms with E-state index in [1.54, 1.807) is 6.08 Å². The standard InChI is InChI=1S/C15H19N3O2/c1-3-7-18(8-9-19)11-14-16-15(17-20-14)13-6-4-5-12(2)10-13/h3-6,10,19H,1,7-9,11H2,2H3. The molecule has 0 aliphatic heterocycles. The summed E-state index contributed by atoms with van der Waals surface area (Å²) in [5.41, 5.74) is 2.10. The summed E-state index contributed by atoms with van der Waals surface area (Å²) < 4.78 is 5.26. The predicted molar refractivity (Wildman–Crippen MR) is 77.0 cm³/mol. The number of rotatable bonds is 7. The minimum Gasteiger partial charge on any atom is -0.395 e. The van der Waals surface area contributed by atoms with Crippen molar-refractivity contribution in [3.63, 3.8) is 0 Å². The highest BCUT2D eigenvalue weighted by Gasteiger charge is 2.12. The molecule has 1 heterocycles. The quantitative estimate of drug-likeness (QED) is 0.782. The third-order valence-electron chi connectivity index (χ3n) is 2.91. The first-order chi connectivity index (χ1) is 9.72. The number of aryl methyl sites for hydroxylation is 1. The van der Waals surface area contributed by atoms with Crippen LogP contribution in [0.1, 0.15) is 11.5 Å². The summed E-state index contributed by atoms with van der Waals surface area (Å²) in [4.78, 5) is 6.38. The van der Waals surface area contributed by atoms with Gasteiger partial charge in [0.25, 0.3) is 0 Å². The van der Waals surface area contributed by atoms with Crippen molar-refractivity contribution in [1.29, 1.82) is 0 Å². The van der Waals surface area contributed by atoms with Gasteiger partial charge in [0.15, 0.2) is 0 Å². The first-order valence-corrected chi connectivity index (χ1v) is 6.56. The van der Waals surface area contributed by atoms with Crippen molar-refractivity contribution in [2.45, 2.75) is 13.5 Å². The molecular weight excluding hydrogens is 254 g/mol. The van der Waals surface area contributed by atoms with E-state index in [0.29, 0.717) is 31.3 Å². The zero-order valence-corrected chi connectivity index (χ0v) is 11.6. The van der Waals surface area contributed by atoms with Crippen molar-refractivity contribution < 1.29 is 9.63 Å². The molecule has 2 rings (SSSR count). The second kappa shape index (κ2) is 6.98. The van der Waals surface area contributed by atoms with E-state index in [-0.39, 0.29) is 6.61 Å². The second-order valence-corrected chi connectivity index (χ2v) is 4.63. The Morgan fingerprint density at radius 2 is 2.30 bits per heavy atom. The van der Waals surface area contributed by atoms with Crippen LogP contribution in [0.3, 0.4) is 0 Å². The molecule has 5 heteroatoms. The normalized spacial score (nSPS) is 10.9. The SMILES string of the molecule is C=CCN(CCO)Cc1nc(-c2cccc(C)c2)no1. The van der Waals surface area contributed by atoms with Crippen molar-refractivity contribution in [3.8, 4) is 11.4 Å². The zero-order chi connectivity index (χ0) is 14.4.